The first-order valence-corrected chi connectivity index (χ1v) is 11.0. The van der Waals surface area contributed by atoms with Crippen LogP contribution in [0.25, 0.3) is 28.2 Å². The largest absolute Gasteiger partial charge is 0.462 e. The molecule has 1 heterocycles. The van der Waals surface area contributed by atoms with E-state index < -0.39 is 5.97 Å². The van der Waals surface area contributed by atoms with E-state index in [4.69, 9.17) is 9.84 Å². The monoisotopic (exact) mass is 524 g/mol. The smallest absolute Gasteiger partial charge is 0.342 e. The number of benzene rings is 3. The van der Waals surface area contributed by atoms with Gasteiger partial charge < -0.3 is 4.74 Å². The van der Waals surface area contributed by atoms with Crippen LogP contribution in [0.15, 0.2) is 87.8 Å². The summed E-state index contributed by atoms with van der Waals surface area (Å²) in [7, 11) is 0. The van der Waals surface area contributed by atoms with Crippen molar-refractivity contribution in [3.63, 3.8) is 0 Å². The molecule has 0 spiro atoms. The van der Waals surface area contributed by atoms with Crippen LogP contribution in [0.1, 0.15) is 17.3 Å². The molecule has 0 atom stereocenters. The first kappa shape index (κ1) is 20.6. The Hall–Kier alpha value is -2.70. The zero-order chi connectivity index (χ0) is 21.1. The molecule has 30 heavy (non-hydrogen) atoms. The maximum atomic E-state index is 13.1. The molecule has 0 aliphatic heterocycles. The number of carbonyl (C=O) groups excluding carboxylic acids is 1. The van der Waals surface area contributed by atoms with Gasteiger partial charge in [0.2, 0.25) is 0 Å². The summed E-state index contributed by atoms with van der Waals surface area (Å²) in [5, 5.41) is 4.87. The zero-order valence-electron chi connectivity index (χ0n) is 16.2. The number of para-hydroxylation sites is 1. The number of hydrogen-bond acceptors (Lipinski definition) is 3. The van der Waals surface area contributed by atoms with Crippen molar-refractivity contribution < 1.29 is 9.53 Å². The van der Waals surface area contributed by atoms with Crippen molar-refractivity contribution in [2.24, 2.45) is 0 Å². The quantitative estimate of drug-likeness (QED) is 0.266. The SMILES string of the molecule is CCOC(=O)c1c(-c2ccc(Br)cc2)nn(-c2ccccc2)c1-c1ccc(Br)cc1. The normalized spacial score (nSPS) is 10.8. The van der Waals surface area contributed by atoms with Gasteiger partial charge >= 0.3 is 5.97 Å². The van der Waals surface area contributed by atoms with Gasteiger partial charge in [-0.05, 0) is 43.3 Å². The molecule has 150 valence electrons. The number of rotatable bonds is 5. The molecule has 0 bridgehead atoms. The summed E-state index contributed by atoms with van der Waals surface area (Å²) in [6.07, 6.45) is 0. The van der Waals surface area contributed by atoms with Gasteiger partial charge in [-0.3, -0.25) is 0 Å². The van der Waals surface area contributed by atoms with Crippen LogP contribution in [0.5, 0.6) is 0 Å². The van der Waals surface area contributed by atoms with E-state index in [1.54, 1.807) is 6.92 Å². The third kappa shape index (κ3) is 4.11. The predicted molar refractivity (Wildman–Crippen MR) is 126 cm³/mol. The lowest BCUT2D eigenvalue weighted by Crippen LogP contribution is -2.08. The Labute approximate surface area is 191 Å². The van der Waals surface area contributed by atoms with E-state index >= 15 is 0 Å². The zero-order valence-corrected chi connectivity index (χ0v) is 19.4. The van der Waals surface area contributed by atoms with Crippen LogP contribution in [-0.4, -0.2) is 22.4 Å². The minimum absolute atomic E-state index is 0.287. The minimum Gasteiger partial charge on any atom is -0.462 e. The highest BCUT2D eigenvalue weighted by atomic mass is 79.9. The van der Waals surface area contributed by atoms with Gasteiger partial charge in [0.25, 0.3) is 0 Å². The fourth-order valence-electron chi connectivity index (χ4n) is 3.25. The van der Waals surface area contributed by atoms with Crippen LogP contribution >= 0.6 is 31.9 Å². The molecule has 6 heteroatoms. The predicted octanol–water partition coefficient (Wildman–Crippen LogP) is 6.91. The van der Waals surface area contributed by atoms with Crippen LogP contribution in [0.4, 0.5) is 0 Å². The van der Waals surface area contributed by atoms with Gasteiger partial charge in [0, 0.05) is 20.1 Å². The lowest BCUT2D eigenvalue weighted by Gasteiger charge is -2.10. The lowest BCUT2D eigenvalue weighted by molar-refractivity contribution is 0.0528. The van der Waals surface area contributed by atoms with E-state index in [0.29, 0.717) is 17.0 Å². The third-order valence-electron chi connectivity index (χ3n) is 4.60. The standard InChI is InChI=1S/C24H18Br2N2O2/c1-2-30-24(29)21-22(16-8-12-18(25)13-9-16)27-28(20-6-4-3-5-7-20)23(21)17-10-14-19(26)15-11-17/h3-15H,2H2,1H3. The van der Waals surface area contributed by atoms with Gasteiger partial charge in [-0.1, -0.05) is 74.3 Å². The molecule has 4 nitrogen and oxygen atoms in total. The Kier molecular flexibility index (Phi) is 6.16. The van der Waals surface area contributed by atoms with Crippen molar-refractivity contribution in [3.8, 4) is 28.2 Å². The van der Waals surface area contributed by atoms with E-state index in [9.17, 15) is 4.79 Å². The van der Waals surface area contributed by atoms with E-state index in [0.717, 1.165) is 25.8 Å². The Morgan fingerprint density at radius 2 is 1.43 bits per heavy atom. The number of ether oxygens (including phenoxy) is 1. The molecule has 0 fully saturated rings. The van der Waals surface area contributed by atoms with Crippen molar-refractivity contribution in [2.75, 3.05) is 6.61 Å². The van der Waals surface area contributed by atoms with E-state index in [-0.39, 0.29) is 6.61 Å². The van der Waals surface area contributed by atoms with Crippen molar-refractivity contribution >= 4 is 37.8 Å². The molecular formula is C24H18Br2N2O2. The van der Waals surface area contributed by atoms with Crippen LogP contribution in [0.2, 0.25) is 0 Å². The molecule has 0 aliphatic rings. The molecule has 0 amide bonds. The summed E-state index contributed by atoms with van der Waals surface area (Å²) >= 11 is 6.95. The maximum Gasteiger partial charge on any atom is 0.342 e. The molecule has 3 aromatic carbocycles. The van der Waals surface area contributed by atoms with Crippen molar-refractivity contribution in [1.82, 2.24) is 9.78 Å². The molecule has 4 rings (SSSR count). The summed E-state index contributed by atoms with van der Waals surface area (Å²) in [6, 6.07) is 25.4. The van der Waals surface area contributed by atoms with Crippen molar-refractivity contribution in [2.45, 2.75) is 6.92 Å². The van der Waals surface area contributed by atoms with Gasteiger partial charge in [0.15, 0.2) is 0 Å². The topological polar surface area (TPSA) is 44.1 Å². The fraction of sp³-hybridized carbons (Fsp3) is 0.0833. The van der Waals surface area contributed by atoms with Gasteiger partial charge in [0.1, 0.15) is 11.3 Å². The Morgan fingerprint density at radius 3 is 2.00 bits per heavy atom. The van der Waals surface area contributed by atoms with Crippen LogP contribution in [0.3, 0.4) is 0 Å². The second-order valence-corrected chi connectivity index (χ2v) is 8.39. The number of carbonyl (C=O) groups is 1. The summed E-state index contributed by atoms with van der Waals surface area (Å²) in [5.41, 5.74) is 4.32. The summed E-state index contributed by atoms with van der Waals surface area (Å²) in [6.45, 7) is 2.09. The first-order valence-electron chi connectivity index (χ1n) is 9.46. The molecule has 0 saturated heterocycles. The molecule has 1 aromatic heterocycles. The molecule has 0 radical (unpaired) electrons. The number of halogens is 2. The molecule has 0 N–H and O–H groups in total. The highest BCUT2D eigenvalue weighted by molar-refractivity contribution is 9.10. The van der Waals surface area contributed by atoms with Crippen molar-refractivity contribution in [1.29, 1.82) is 0 Å². The highest BCUT2D eigenvalue weighted by Crippen LogP contribution is 2.35. The Bertz CT molecular complexity index is 1170. The van der Waals surface area contributed by atoms with E-state index in [2.05, 4.69) is 31.9 Å². The van der Waals surface area contributed by atoms with Gasteiger partial charge in [-0.2, -0.15) is 5.10 Å². The second kappa shape index (κ2) is 8.98. The van der Waals surface area contributed by atoms with Gasteiger partial charge in [0.05, 0.1) is 18.0 Å². The molecular weight excluding hydrogens is 508 g/mol. The van der Waals surface area contributed by atoms with E-state index in [1.807, 2.05) is 83.5 Å². The van der Waals surface area contributed by atoms with Crippen LogP contribution < -0.4 is 0 Å². The van der Waals surface area contributed by atoms with Gasteiger partial charge in [-0.25, -0.2) is 9.48 Å². The average Bonchev–Trinajstić information content (AvgIpc) is 3.16. The Balaban J connectivity index is 2.04. The summed E-state index contributed by atoms with van der Waals surface area (Å²) in [4.78, 5) is 13.1. The van der Waals surface area contributed by atoms with Crippen molar-refractivity contribution in [3.05, 3.63) is 93.4 Å². The minimum atomic E-state index is -0.393. The molecule has 0 unspecified atom stereocenters. The molecule has 0 saturated carbocycles. The second-order valence-electron chi connectivity index (χ2n) is 6.55. The first-order chi connectivity index (χ1) is 14.6. The van der Waals surface area contributed by atoms with Crippen LogP contribution in [-0.2, 0) is 4.74 Å². The van der Waals surface area contributed by atoms with E-state index in [1.165, 1.54) is 0 Å². The highest BCUT2D eigenvalue weighted by Gasteiger charge is 2.27. The average molecular weight is 526 g/mol. The fourth-order valence-corrected chi connectivity index (χ4v) is 3.78. The number of nitrogens with zero attached hydrogens (tertiary/aromatic N) is 2. The summed E-state index contributed by atoms with van der Waals surface area (Å²) in [5.74, 6) is -0.393. The Morgan fingerprint density at radius 1 is 0.867 bits per heavy atom. The lowest BCUT2D eigenvalue weighted by atomic mass is 10.0. The maximum absolute atomic E-state index is 13.1. The van der Waals surface area contributed by atoms with Gasteiger partial charge in [-0.15, -0.1) is 0 Å². The number of aromatic nitrogens is 2. The molecule has 0 aliphatic carbocycles. The molecule has 4 aromatic rings. The number of hydrogen-bond donors (Lipinski definition) is 0. The van der Waals surface area contributed by atoms with Crippen LogP contribution in [0, 0.1) is 0 Å². The summed E-state index contributed by atoms with van der Waals surface area (Å²) < 4.78 is 9.17. The number of esters is 1. The third-order valence-corrected chi connectivity index (χ3v) is 5.66.